The molecule has 140 valence electrons. The van der Waals surface area contributed by atoms with Crippen LogP contribution in [0.1, 0.15) is 13.3 Å². The number of carbonyl (C=O) groups excluding carboxylic acids is 2. The summed E-state index contributed by atoms with van der Waals surface area (Å²) in [6, 6.07) is 8.84. The maximum absolute atomic E-state index is 12.5. The van der Waals surface area contributed by atoms with Crippen molar-refractivity contribution in [1.29, 1.82) is 0 Å². The van der Waals surface area contributed by atoms with Gasteiger partial charge < -0.3 is 5.11 Å². The second-order valence-corrected chi connectivity index (χ2v) is 5.55. The second-order valence-electron chi connectivity index (χ2n) is 5.55. The monoisotopic (exact) mass is 372 g/mol. The minimum absolute atomic E-state index is 0.281. The SMILES string of the molecule is C[C@@](O)(CC(=O)NNC(=O)Cn1nnc(-c2ccccc2)n1)C(F)(F)F. The Morgan fingerprint density at radius 1 is 1.15 bits per heavy atom. The fraction of sp³-hybridized carbons (Fsp3) is 0.357. The average molecular weight is 372 g/mol. The summed E-state index contributed by atoms with van der Waals surface area (Å²) in [5, 5.41) is 20.6. The molecule has 0 radical (unpaired) electrons. The molecule has 1 aromatic carbocycles. The number of hydrogen-bond donors (Lipinski definition) is 3. The van der Waals surface area contributed by atoms with Crippen molar-refractivity contribution in [2.24, 2.45) is 0 Å². The van der Waals surface area contributed by atoms with Gasteiger partial charge in [-0.1, -0.05) is 30.3 Å². The molecule has 1 aromatic heterocycles. The summed E-state index contributed by atoms with van der Waals surface area (Å²) in [6.45, 7) is 0.0363. The molecule has 0 aliphatic rings. The molecule has 2 rings (SSSR count). The van der Waals surface area contributed by atoms with Gasteiger partial charge >= 0.3 is 6.18 Å². The van der Waals surface area contributed by atoms with E-state index in [0.29, 0.717) is 12.5 Å². The Balaban J connectivity index is 1.84. The fourth-order valence-corrected chi connectivity index (χ4v) is 1.78. The predicted octanol–water partition coefficient (Wildman–Crippen LogP) is 0.191. The van der Waals surface area contributed by atoms with E-state index < -0.39 is 36.6 Å². The van der Waals surface area contributed by atoms with Crippen LogP contribution in [0.4, 0.5) is 13.2 Å². The van der Waals surface area contributed by atoms with Gasteiger partial charge in [0.1, 0.15) is 6.54 Å². The zero-order valence-corrected chi connectivity index (χ0v) is 13.5. The highest BCUT2D eigenvalue weighted by Crippen LogP contribution is 2.32. The molecule has 2 aromatic rings. The molecule has 9 nitrogen and oxygen atoms in total. The van der Waals surface area contributed by atoms with Gasteiger partial charge in [0.05, 0.1) is 6.42 Å². The lowest BCUT2D eigenvalue weighted by Crippen LogP contribution is -2.50. The number of benzene rings is 1. The molecule has 26 heavy (non-hydrogen) atoms. The maximum atomic E-state index is 12.5. The van der Waals surface area contributed by atoms with E-state index in [-0.39, 0.29) is 5.82 Å². The number of aromatic nitrogens is 4. The number of tetrazole rings is 1. The van der Waals surface area contributed by atoms with E-state index in [9.17, 15) is 27.9 Å². The third kappa shape index (κ3) is 4.99. The Bertz CT molecular complexity index is 776. The Morgan fingerprint density at radius 3 is 2.38 bits per heavy atom. The summed E-state index contributed by atoms with van der Waals surface area (Å²) in [6.07, 6.45) is -6.25. The Morgan fingerprint density at radius 2 is 1.77 bits per heavy atom. The molecular formula is C14H15F3N6O3. The number of rotatable bonds is 5. The van der Waals surface area contributed by atoms with Gasteiger partial charge in [-0.2, -0.15) is 18.0 Å². The highest BCUT2D eigenvalue weighted by atomic mass is 19.4. The predicted molar refractivity (Wildman–Crippen MR) is 80.8 cm³/mol. The van der Waals surface area contributed by atoms with Crippen LogP contribution in [0, 0.1) is 0 Å². The lowest BCUT2D eigenvalue weighted by molar-refractivity contribution is -0.253. The quantitative estimate of drug-likeness (QED) is 0.644. The Hall–Kier alpha value is -3.02. The summed E-state index contributed by atoms with van der Waals surface area (Å²) in [4.78, 5) is 24.1. The largest absolute Gasteiger partial charge is 0.417 e. The van der Waals surface area contributed by atoms with Crippen LogP contribution in [0.3, 0.4) is 0 Å². The average Bonchev–Trinajstić information content (AvgIpc) is 3.01. The number of aliphatic hydroxyl groups is 1. The van der Waals surface area contributed by atoms with E-state index in [0.717, 1.165) is 4.80 Å². The van der Waals surface area contributed by atoms with Crippen molar-refractivity contribution in [3.63, 3.8) is 0 Å². The molecule has 1 atom stereocenters. The van der Waals surface area contributed by atoms with Crippen LogP contribution in [-0.4, -0.2) is 48.9 Å². The molecule has 0 fully saturated rings. The van der Waals surface area contributed by atoms with E-state index in [2.05, 4.69) is 15.4 Å². The summed E-state index contributed by atoms with van der Waals surface area (Å²) < 4.78 is 37.4. The molecule has 2 amide bonds. The van der Waals surface area contributed by atoms with Gasteiger partial charge in [-0.15, -0.1) is 10.2 Å². The number of hydrogen-bond acceptors (Lipinski definition) is 6. The van der Waals surface area contributed by atoms with Crippen molar-refractivity contribution < 1.29 is 27.9 Å². The lowest BCUT2D eigenvalue weighted by atomic mass is 10.0. The van der Waals surface area contributed by atoms with E-state index in [1.807, 2.05) is 5.43 Å². The molecule has 0 saturated heterocycles. The number of hydrazine groups is 1. The van der Waals surface area contributed by atoms with Crippen molar-refractivity contribution in [3.05, 3.63) is 30.3 Å². The molecule has 3 N–H and O–H groups in total. The molecular weight excluding hydrogens is 357 g/mol. The van der Waals surface area contributed by atoms with Gasteiger partial charge in [-0.05, 0) is 12.1 Å². The van der Waals surface area contributed by atoms with Crippen LogP contribution in [0.5, 0.6) is 0 Å². The summed E-state index contributed by atoms with van der Waals surface area (Å²) in [7, 11) is 0. The third-order valence-electron chi connectivity index (χ3n) is 3.23. The number of carbonyl (C=O) groups is 2. The zero-order chi connectivity index (χ0) is 19.4. The van der Waals surface area contributed by atoms with Gasteiger partial charge in [0.15, 0.2) is 5.60 Å². The fourth-order valence-electron chi connectivity index (χ4n) is 1.78. The highest BCUT2D eigenvalue weighted by molar-refractivity contribution is 5.82. The summed E-state index contributed by atoms with van der Waals surface area (Å²) in [5.41, 5.74) is 1.16. The molecule has 0 unspecified atom stereocenters. The van der Waals surface area contributed by atoms with Crippen LogP contribution >= 0.6 is 0 Å². The second kappa shape index (κ2) is 7.47. The standard InChI is InChI=1S/C14H15F3N6O3/c1-13(26,14(15,16)17)7-10(24)18-19-11(25)8-23-21-12(20-22-23)9-5-3-2-4-6-9/h2-6,26H,7-8H2,1H3,(H,18,24)(H,19,25)/t13-/m1/s1. The molecule has 0 aliphatic heterocycles. The Kier molecular flexibility index (Phi) is 5.55. The smallest absolute Gasteiger partial charge is 0.380 e. The number of amides is 2. The first kappa shape index (κ1) is 19.3. The van der Waals surface area contributed by atoms with Gasteiger partial charge in [0.2, 0.25) is 11.7 Å². The van der Waals surface area contributed by atoms with Crippen molar-refractivity contribution >= 4 is 11.8 Å². The van der Waals surface area contributed by atoms with Crippen molar-refractivity contribution in [1.82, 2.24) is 31.1 Å². The minimum atomic E-state index is -4.98. The minimum Gasteiger partial charge on any atom is -0.380 e. The van der Waals surface area contributed by atoms with Crippen LogP contribution in [-0.2, 0) is 16.1 Å². The van der Waals surface area contributed by atoms with Crippen LogP contribution in [0.15, 0.2) is 30.3 Å². The van der Waals surface area contributed by atoms with E-state index >= 15 is 0 Å². The summed E-state index contributed by atoms with van der Waals surface area (Å²) >= 11 is 0. The third-order valence-corrected chi connectivity index (χ3v) is 3.23. The molecule has 1 heterocycles. The normalized spacial score (nSPS) is 13.7. The van der Waals surface area contributed by atoms with Crippen molar-refractivity contribution in [2.75, 3.05) is 0 Å². The number of nitrogens with zero attached hydrogens (tertiary/aromatic N) is 4. The first-order valence-corrected chi connectivity index (χ1v) is 7.28. The van der Waals surface area contributed by atoms with Gasteiger partial charge in [-0.25, -0.2) is 0 Å². The molecule has 12 heteroatoms. The van der Waals surface area contributed by atoms with Gasteiger partial charge in [0, 0.05) is 5.56 Å². The number of halogens is 3. The van der Waals surface area contributed by atoms with E-state index in [1.54, 1.807) is 35.8 Å². The maximum Gasteiger partial charge on any atom is 0.417 e. The topological polar surface area (TPSA) is 122 Å². The van der Waals surface area contributed by atoms with Crippen molar-refractivity contribution in [2.45, 2.75) is 31.7 Å². The van der Waals surface area contributed by atoms with E-state index in [1.165, 1.54) is 0 Å². The first-order chi connectivity index (χ1) is 12.1. The lowest BCUT2D eigenvalue weighted by Gasteiger charge is -2.25. The van der Waals surface area contributed by atoms with Crippen LogP contribution in [0.25, 0.3) is 11.4 Å². The number of alkyl halides is 3. The van der Waals surface area contributed by atoms with Crippen LogP contribution < -0.4 is 10.9 Å². The molecule has 0 saturated carbocycles. The van der Waals surface area contributed by atoms with E-state index in [4.69, 9.17) is 0 Å². The highest BCUT2D eigenvalue weighted by Gasteiger charge is 2.51. The first-order valence-electron chi connectivity index (χ1n) is 7.28. The molecule has 0 bridgehead atoms. The van der Waals surface area contributed by atoms with Crippen molar-refractivity contribution in [3.8, 4) is 11.4 Å². The molecule has 0 aliphatic carbocycles. The zero-order valence-electron chi connectivity index (χ0n) is 13.5. The van der Waals surface area contributed by atoms with Crippen LogP contribution in [0.2, 0.25) is 0 Å². The molecule has 0 spiro atoms. The van der Waals surface area contributed by atoms with Gasteiger partial charge in [0.25, 0.3) is 5.91 Å². The number of nitrogens with one attached hydrogen (secondary N) is 2. The Labute approximate surface area is 145 Å². The summed E-state index contributed by atoms with van der Waals surface area (Å²) in [5.74, 6) is -1.72. The van der Waals surface area contributed by atoms with Gasteiger partial charge in [-0.3, -0.25) is 20.4 Å².